The van der Waals surface area contributed by atoms with Crippen molar-refractivity contribution in [3.63, 3.8) is 0 Å². The van der Waals surface area contributed by atoms with E-state index >= 15 is 0 Å². The van der Waals surface area contributed by atoms with Gasteiger partial charge in [0, 0.05) is 42.4 Å². The van der Waals surface area contributed by atoms with Crippen LogP contribution in [0.2, 0.25) is 5.02 Å². The molecule has 9 nitrogen and oxygen atoms in total. The summed E-state index contributed by atoms with van der Waals surface area (Å²) in [5.41, 5.74) is 1.10. The molecule has 1 atom stereocenters. The molecule has 0 saturated carbocycles. The Balaban J connectivity index is 2.05. The lowest BCUT2D eigenvalue weighted by Crippen LogP contribution is -2.33. The third-order valence-electron chi connectivity index (χ3n) is 5.25. The molecule has 2 aromatic heterocycles. The van der Waals surface area contributed by atoms with E-state index in [1.807, 2.05) is 0 Å². The number of aryl methyl sites for hydroxylation is 1. The number of carboxylic acid groups (broad SMARTS) is 1. The van der Waals surface area contributed by atoms with Gasteiger partial charge in [-0.2, -0.15) is 5.26 Å². The van der Waals surface area contributed by atoms with Crippen LogP contribution in [0, 0.1) is 18.3 Å². The summed E-state index contributed by atoms with van der Waals surface area (Å²) in [6.45, 7) is 1.82. The van der Waals surface area contributed by atoms with Gasteiger partial charge in [0.1, 0.15) is 16.7 Å². The van der Waals surface area contributed by atoms with Gasteiger partial charge in [0.15, 0.2) is 0 Å². The summed E-state index contributed by atoms with van der Waals surface area (Å²) in [6, 6.07) is 8.64. The van der Waals surface area contributed by atoms with Crippen molar-refractivity contribution in [1.29, 1.82) is 5.26 Å². The van der Waals surface area contributed by atoms with E-state index in [4.69, 9.17) is 21.1 Å². The van der Waals surface area contributed by atoms with E-state index in [0.717, 1.165) is 11.3 Å². The van der Waals surface area contributed by atoms with Crippen LogP contribution in [0.3, 0.4) is 0 Å². The lowest BCUT2D eigenvalue weighted by molar-refractivity contribution is -0.119. The van der Waals surface area contributed by atoms with Gasteiger partial charge in [-0.1, -0.05) is 11.6 Å². The molecule has 1 unspecified atom stereocenters. The highest BCUT2D eigenvalue weighted by Gasteiger charge is 2.25. The van der Waals surface area contributed by atoms with Gasteiger partial charge < -0.3 is 19.9 Å². The molecule has 182 valence electrons. The average molecular weight is 516 g/mol. The number of pyridine rings is 1. The van der Waals surface area contributed by atoms with Crippen LogP contribution in [0.5, 0.6) is 5.75 Å². The van der Waals surface area contributed by atoms with Crippen LogP contribution >= 0.6 is 22.9 Å². The Kier molecular flexibility index (Phi) is 8.30. The van der Waals surface area contributed by atoms with Gasteiger partial charge in [0.2, 0.25) is 5.91 Å². The third-order valence-corrected chi connectivity index (χ3v) is 6.62. The first-order valence-corrected chi connectivity index (χ1v) is 11.5. The number of carbonyl (C=O) groups is 2. The van der Waals surface area contributed by atoms with Crippen molar-refractivity contribution in [3.8, 4) is 22.9 Å². The number of carbonyl (C=O) groups excluding carboxylic acids is 1. The van der Waals surface area contributed by atoms with Crippen molar-refractivity contribution in [2.45, 2.75) is 19.4 Å². The van der Waals surface area contributed by atoms with Crippen LogP contribution < -0.4 is 15.6 Å². The predicted octanol–water partition coefficient (Wildman–Crippen LogP) is 4.33. The number of rotatable bonds is 9. The summed E-state index contributed by atoms with van der Waals surface area (Å²) in [5, 5.41) is 22.2. The molecule has 0 fully saturated rings. The maximum atomic E-state index is 13.2. The van der Waals surface area contributed by atoms with Crippen LogP contribution in [0.4, 0.5) is 5.00 Å². The number of hydrogen-bond donors (Lipinski definition) is 2. The molecule has 0 spiro atoms. The number of anilines is 1. The van der Waals surface area contributed by atoms with E-state index in [0.29, 0.717) is 32.3 Å². The van der Waals surface area contributed by atoms with Crippen LogP contribution in [-0.4, -0.2) is 42.4 Å². The number of nitrogens with one attached hydrogen (secondary N) is 1. The van der Waals surface area contributed by atoms with Gasteiger partial charge in [0.05, 0.1) is 29.9 Å². The molecule has 2 N–H and O–H groups in total. The Morgan fingerprint density at radius 3 is 2.60 bits per heavy atom. The zero-order valence-electron chi connectivity index (χ0n) is 19.1. The average Bonchev–Trinajstić information content (AvgIpc) is 3.19. The number of carboxylic acids is 1. The van der Waals surface area contributed by atoms with Crippen molar-refractivity contribution in [1.82, 2.24) is 4.57 Å². The molecular formula is C24H22ClN3O6S. The summed E-state index contributed by atoms with van der Waals surface area (Å²) in [7, 11) is 2.89. The van der Waals surface area contributed by atoms with Gasteiger partial charge in [0.25, 0.3) is 5.56 Å². The highest BCUT2D eigenvalue weighted by molar-refractivity contribution is 7.18. The molecule has 1 amide bonds. The van der Waals surface area contributed by atoms with Crippen LogP contribution in [0.25, 0.3) is 11.1 Å². The molecule has 0 aliphatic heterocycles. The fraction of sp³-hybridized carbons (Fsp3) is 0.250. The van der Waals surface area contributed by atoms with Crippen molar-refractivity contribution in [3.05, 3.63) is 67.9 Å². The number of benzene rings is 1. The molecular weight excluding hydrogens is 494 g/mol. The maximum Gasteiger partial charge on any atom is 0.346 e. The molecule has 3 aromatic rings. The first-order valence-electron chi connectivity index (χ1n) is 10.3. The maximum absolute atomic E-state index is 13.2. The number of aromatic carboxylic acids is 1. The van der Waals surface area contributed by atoms with E-state index in [2.05, 4.69) is 11.4 Å². The molecule has 0 radical (unpaired) electrons. The summed E-state index contributed by atoms with van der Waals surface area (Å²) >= 11 is 7.04. The Bertz CT molecular complexity index is 1370. The molecule has 0 aliphatic carbocycles. The first-order chi connectivity index (χ1) is 16.7. The van der Waals surface area contributed by atoms with E-state index in [1.165, 1.54) is 31.0 Å². The number of amides is 1. The number of nitriles is 1. The Morgan fingerprint density at radius 2 is 2.00 bits per heavy atom. The molecule has 0 bridgehead atoms. The second-order valence-electron chi connectivity index (χ2n) is 7.52. The smallest absolute Gasteiger partial charge is 0.346 e. The second kappa shape index (κ2) is 11.2. The largest absolute Gasteiger partial charge is 0.495 e. The van der Waals surface area contributed by atoms with E-state index in [-0.39, 0.29) is 23.7 Å². The number of thiophene rings is 1. The minimum Gasteiger partial charge on any atom is -0.495 e. The standard InChI is InChI=1S/C24H22ClN3O6S/c1-13-8-20(35-22(13)24(31)32)27-23(30)18(6-7-33-2)28-12-19(34-3)17(10-21(28)29)16-9-15(25)5-4-14(16)11-26/h4-5,8-10,12,18H,6-7H2,1-3H3,(H,27,30)(H,31,32). The fourth-order valence-corrected chi connectivity index (χ4v) is 4.66. The van der Waals surface area contributed by atoms with Gasteiger partial charge in [-0.3, -0.25) is 14.2 Å². The Morgan fingerprint density at radius 1 is 1.26 bits per heavy atom. The molecule has 0 aliphatic rings. The van der Waals surface area contributed by atoms with Crippen LogP contribution in [0.1, 0.15) is 33.3 Å². The lowest BCUT2D eigenvalue weighted by Gasteiger charge is -2.21. The van der Waals surface area contributed by atoms with E-state index in [1.54, 1.807) is 31.2 Å². The number of aromatic nitrogens is 1. The Hall–Kier alpha value is -3.65. The van der Waals surface area contributed by atoms with E-state index in [9.17, 15) is 24.8 Å². The van der Waals surface area contributed by atoms with Gasteiger partial charge in [-0.15, -0.1) is 11.3 Å². The lowest BCUT2D eigenvalue weighted by atomic mass is 10.00. The number of nitrogens with zero attached hydrogens (tertiary/aromatic N) is 2. The zero-order valence-corrected chi connectivity index (χ0v) is 20.7. The monoisotopic (exact) mass is 515 g/mol. The third kappa shape index (κ3) is 5.71. The Labute approximate surface area is 210 Å². The second-order valence-corrected chi connectivity index (χ2v) is 9.01. The minimum absolute atomic E-state index is 0.117. The van der Waals surface area contributed by atoms with Crippen molar-refractivity contribution in [2.24, 2.45) is 0 Å². The topological polar surface area (TPSA) is 131 Å². The number of hydrogen-bond acceptors (Lipinski definition) is 7. The first kappa shape index (κ1) is 26.0. The molecule has 3 rings (SSSR count). The minimum atomic E-state index is -1.08. The van der Waals surface area contributed by atoms with Gasteiger partial charge in [-0.05, 0) is 36.8 Å². The number of halogens is 1. The SMILES string of the molecule is COCCC(C(=O)Nc1cc(C)c(C(=O)O)s1)n1cc(OC)c(-c2cc(Cl)ccc2C#N)cc1=O. The van der Waals surface area contributed by atoms with Crippen molar-refractivity contribution < 1.29 is 24.2 Å². The summed E-state index contributed by atoms with van der Waals surface area (Å²) in [4.78, 5) is 37.8. The van der Waals surface area contributed by atoms with Crippen molar-refractivity contribution >= 4 is 39.8 Å². The molecule has 2 heterocycles. The van der Waals surface area contributed by atoms with Crippen LogP contribution in [-0.2, 0) is 9.53 Å². The highest BCUT2D eigenvalue weighted by Crippen LogP contribution is 2.34. The highest BCUT2D eigenvalue weighted by atomic mass is 35.5. The van der Waals surface area contributed by atoms with Gasteiger partial charge >= 0.3 is 5.97 Å². The normalized spacial score (nSPS) is 11.5. The molecule has 35 heavy (non-hydrogen) atoms. The molecule has 1 aromatic carbocycles. The quantitative estimate of drug-likeness (QED) is 0.433. The summed E-state index contributed by atoms with van der Waals surface area (Å²) in [5.74, 6) is -1.34. The number of methoxy groups -OCH3 is 2. The summed E-state index contributed by atoms with van der Waals surface area (Å²) < 4.78 is 11.9. The summed E-state index contributed by atoms with van der Waals surface area (Å²) in [6.07, 6.45) is 1.57. The van der Waals surface area contributed by atoms with Gasteiger partial charge in [-0.25, -0.2) is 4.79 Å². The van der Waals surface area contributed by atoms with Crippen LogP contribution in [0.15, 0.2) is 41.3 Å². The molecule has 11 heteroatoms. The van der Waals surface area contributed by atoms with Crippen molar-refractivity contribution in [2.75, 3.05) is 26.1 Å². The molecule has 0 saturated heterocycles. The zero-order chi connectivity index (χ0) is 25.7. The predicted molar refractivity (Wildman–Crippen MR) is 133 cm³/mol. The fourth-order valence-electron chi connectivity index (χ4n) is 3.57. The number of ether oxygens (including phenoxy) is 2. The van der Waals surface area contributed by atoms with E-state index < -0.39 is 23.5 Å².